The van der Waals surface area contributed by atoms with E-state index in [9.17, 15) is 0 Å². The van der Waals surface area contributed by atoms with Gasteiger partial charge in [0.05, 0.1) is 0 Å². The molecule has 0 aliphatic carbocycles. The van der Waals surface area contributed by atoms with Crippen LogP contribution in [-0.4, -0.2) is 0 Å². The predicted octanol–water partition coefficient (Wildman–Crippen LogP) is 4.80. The Kier molecular flexibility index (Phi) is 3.49. The minimum absolute atomic E-state index is 0.0349. The van der Waals surface area contributed by atoms with Crippen LogP contribution in [0.4, 0.5) is 0 Å². The number of halogens is 2. The molecule has 18 heavy (non-hydrogen) atoms. The van der Waals surface area contributed by atoms with Gasteiger partial charge in [-0.3, -0.25) is 0 Å². The summed E-state index contributed by atoms with van der Waals surface area (Å²) in [6, 6.07) is 8.16. The molecule has 2 unspecified atom stereocenters. The van der Waals surface area contributed by atoms with Crippen LogP contribution in [0.1, 0.15) is 29.0 Å². The number of fused-ring (bicyclic) bond motifs is 1. The van der Waals surface area contributed by atoms with E-state index in [1.165, 1.54) is 4.88 Å². The molecule has 2 nitrogen and oxygen atoms in total. The van der Waals surface area contributed by atoms with Crippen molar-refractivity contribution in [2.24, 2.45) is 5.73 Å². The van der Waals surface area contributed by atoms with E-state index in [4.69, 9.17) is 10.5 Å². The Morgan fingerprint density at radius 1 is 1.22 bits per heavy atom. The summed E-state index contributed by atoms with van der Waals surface area (Å²) in [6.07, 6.45) is 0.875. The molecule has 1 aliphatic rings. The van der Waals surface area contributed by atoms with Crippen molar-refractivity contribution in [3.05, 3.63) is 49.0 Å². The van der Waals surface area contributed by atoms with Crippen LogP contribution in [0.15, 0.2) is 38.6 Å². The van der Waals surface area contributed by atoms with Gasteiger partial charge in [0, 0.05) is 37.2 Å². The SMILES string of the molecule is NC1CC(c2cc(Br)cs2)Oc2cc(Br)ccc21. The number of benzene rings is 1. The normalized spacial score (nSPS) is 22.4. The van der Waals surface area contributed by atoms with Gasteiger partial charge in [0.2, 0.25) is 0 Å². The highest BCUT2D eigenvalue weighted by atomic mass is 79.9. The monoisotopic (exact) mass is 387 g/mol. The molecule has 1 aromatic heterocycles. The molecule has 0 spiro atoms. The van der Waals surface area contributed by atoms with Crippen molar-refractivity contribution in [1.82, 2.24) is 0 Å². The molecule has 2 N–H and O–H groups in total. The first-order chi connectivity index (χ1) is 8.63. The molecule has 1 aromatic carbocycles. The fraction of sp³-hybridized carbons (Fsp3) is 0.231. The topological polar surface area (TPSA) is 35.2 Å². The van der Waals surface area contributed by atoms with E-state index >= 15 is 0 Å². The number of hydrogen-bond acceptors (Lipinski definition) is 3. The third-order valence-electron chi connectivity index (χ3n) is 3.02. The summed E-state index contributed by atoms with van der Waals surface area (Å²) in [5.74, 6) is 0.887. The molecule has 94 valence electrons. The van der Waals surface area contributed by atoms with E-state index in [1.54, 1.807) is 11.3 Å². The lowest BCUT2D eigenvalue weighted by Gasteiger charge is -2.29. The second kappa shape index (κ2) is 4.96. The summed E-state index contributed by atoms with van der Waals surface area (Å²) in [7, 11) is 0. The maximum Gasteiger partial charge on any atom is 0.135 e. The fourth-order valence-corrected chi connectivity index (χ4v) is 3.97. The zero-order valence-electron chi connectivity index (χ0n) is 9.40. The molecule has 0 fully saturated rings. The molecular formula is C13H11Br2NOS. The lowest BCUT2D eigenvalue weighted by atomic mass is 9.97. The van der Waals surface area contributed by atoms with E-state index in [0.717, 1.165) is 26.7 Å². The van der Waals surface area contributed by atoms with E-state index < -0.39 is 0 Å². The number of thiophene rings is 1. The Balaban J connectivity index is 1.95. The van der Waals surface area contributed by atoms with Crippen LogP contribution < -0.4 is 10.5 Å². The molecule has 0 bridgehead atoms. The molecule has 2 heterocycles. The fourth-order valence-electron chi connectivity index (χ4n) is 2.15. The summed E-state index contributed by atoms with van der Waals surface area (Å²) in [5.41, 5.74) is 7.32. The van der Waals surface area contributed by atoms with Crippen molar-refractivity contribution in [2.75, 3.05) is 0 Å². The minimum Gasteiger partial charge on any atom is -0.484 e. The number of nitrogens with two attached hydrogens (primary N) is 1. The Labute approximate surface area is 126 Å². The average molecular weight is 389 g/mol. The first-order valence-corrected chi connectivity index (χ1v) is 8.05. The van der Waals surface area contributed by atoms with Crippen molar-refractivity contribution in [3.8, 4) is 5.75 Å². The van der Waals surface area contributed by atoms with Gasteiger partial charge in [-0.1, -0.05) is 22.0 Å². The van der Waals surface area contributed by atoms with Crippen molar-refractivity contribution in [1.29, 1.82) is 0 Å². The van der Waals surface area contributed by atoms with Crippen LogP contribution >= 0.6 is 43.2 Å². The summed E-state index contributed by atoms with van der Waals surface area (Å²) >= 11 is 8.64. The molecule has 2 atom stereocenters. The molecular weight excluding hydrogens is 378 g/mol. The molecule has 3 rings (SSSR count). The molecule has 5 heteroatoms. The highest BCUT2D eigenvalue weighted by molar-refractivity contribution is 9.10. The second-order valence-corrected chi connectivity index (χ2v) is 7.07. The summed E-state index contributed by atoms with van der Waals surface area (Å²) in [4.78, 5) is 1.21. The maximum absolute atomic E-state index is 6.23. The lowest BCUT2D eigenvalue weighted by molar-refractivity contribution is 0.165. The molecule has 0 radical (unpaired) electrons. The smallest absolute Gasteiger partial charge is 0.135 e. The quantitative estimate of drug-likeness (QED) is 0.761. The van der Waals surface area contributed by atoms with Crippen molar-refractivity contribution in [2.45, 2.75) is 18.6 Å². The van der Waals surface area contributed by atoms with Gasteiger partial charge in [-0.05, 0) is 34.1 Å². The number of ether oxygens (including phenoxy) is 1. The lowest BCUT2D eigenvalue weighted by Crippen LogP contribution is -2.23. The maximum atomic E-state index is 6.23. The molecule has 1 aliphatic heterocycles. The van der Waals surface area contributed by atoms with Crippen LogP contribution in [0.25, 0.3) is 0 Å². The van der Waals surface area contributed by atoms with Crippen LogP contribution in [0.2, 0.25) is 0 Å². The van der Waals surface area contributed by atoms with Gasteiger partial charge in [0.25, 0.3) is 0 Å². The van der Waals surface area contributed by atoms with E-state index in [0.29, 0.717) is 0 Å². The highest BCUT2D eigenvalue weighted by Crippen LogP contribution is 2.42. The summed E-state index contributed by atoms with van der Waals surface area (Å²) in [6.45, 7) is 0. The number of rotatable bonds is 1. The highest BCUT2D eigenvalue weighted by Gasteiger charge is 2.28. The van der Waals surface area contributed by atoms with Crippen molar-refractivity contribution in [3.63, 3.8) is 0 Å². The summed E-state index contributed by atoms with van der Waals surface area (Å²) in [5, 5.41) is 2.07. The van der Waals surface area contributed by atoms with Crippen molar-refractivity contribution >= 4 is 43.2 Å². The average Bonchev–Trinajstić information content (AvgIpc) is 2.75. The Morgan fingerprint density at radius 2 is 2.06 bits per heavy atom. The van der Waals surface area contributed by atoms with Gasteiger partial charge in [-0.25, -0.2) is 0 Å². The molecule has 0 saturated heterocycles. The van der Waals surface area contributed by atoms with Crippen LogP contribution in [-0.2, 0) is 0 Å². The zero-order chi connectivity index (χ0) is 12.7. The van der Waals surface area contributed by atoms with Crippen molar-refractivity contribution < 1.29 is 4.74 Å². The van der Waals surface area contributed by atoms with Gasteiger partial charge in [-0.15, -0.1) is 11.3 Å². The zero-order valence-corrected chi connectivity index (χ0v) is 13.4. The Morgan fingerprint density at radius 3 is 2.78 bits per heavy atom. The van der Waals surface area contributed by atoms with Crippen LogP contribution in [0.5, 0.6) is 5.75 Å². The van der Waals surface area contributed by atoms with Crippen LogP contribution in [0, 0.1) is 0 Å². The van der Waals surface area contributed by atoms with E-state index in [2.05, 4.69) is 43.3 Å². The van der Waals surface area contributed by atoms with Gasteiger partial charge in [-0.2, -0.15) is 0 Å². The third kappa shape index (κ3) is 2.37. The molecule has 0 amide bonds. The van der Waals surface area contributed by atoms with Gasteiger partial charge in [0.15, 0.2) is 0 Å². The van der Waals surface area contributed by atoms with Crippen LogP contribution in [0.3, 0.4) is 0 Å². The first-order valence-electron chi connectivity index (χ1n) is 5.59. The minimum atomic E-state index is 0.0349. The van der Waals surface area contributed by atoms with Gasteiger partial charge in [0.1, 0.15) is 11.9 Å². The Bertz CT molecular complexity index is 584. The second-order valence-electron chi connectivity index (χ2n) is 4.30. The van der Waals surface area contributed by atoms with E-state index in [-0.39, 0.29) is 12.1 Å². The molecule has 0 saturated carbocycles. The number of hydrogen-bond donors (Lipinski definition) is 1. The summed E-state index contributed by atoms with van der Waals surface area (Å²) < 4.78 is 8.17. The third-order valence-corrected chi connectivity index (χ3v) is 5.30. The standard InChI is InChI=1S/C13H11Br2NOS/c14-7-1-2-9-10(16)5-12(17-11(9)3-7)13-4-8(15)6-18-13/h1-4,6,10,12H,5,16H2. The largest absolute Gasteiger partial charge is 0.484 e. The Hall–Kier alpha value is -0.360. The van der Waals surface area contributed by atoms with E-state index in [1.807, 2.05) is 18.2 Å². The predicted molar refractivity (Wildman–Crippen MR) is 81.1 cm³/mol. The van der Waals surface area contributed by atoms with Gasteiger partial charge >= 0.3 is 0 Å². The molecule has 2 aromatic rings. The first kappa shape index (κ1) is 12.7. The van der Waals surface area contributed by atoms with Gasteiger partial charge < -0.3 is 10.5 Å².